The fourth-order valence-electron chi connectivity index (χ4n) is 3.18. The zero-order valence-electron chi connectivity index (χ0n) is 10.5. The van der Waals surface area contributed by atoms with Crippen molar-refractivity contribution in [3.05, 3.63) is 17.8 Å². The normalized spacial score (nSPS) is 33.7. The first-order chi connectivity index (χ1) is 9.34. The smallest absolute Gasteiger partial charge is 0.147 e. The molecular weight excluding hydrogens is 260 g/mol. The molecule has 0 radical (unpaired) electrons. The lowest BCUT2D eigenvalue weighted by atomic mass is 9.68. The van der Waals surface area contributed by atoms with Crippen molar-refractivity contribution >= 4 is 27.4 Å². The highest BCUT2D eigenvalue weighted by atomic mass is 32.1. The number of anilines is 1. The second-order valence-corrected chi connectivity index (χ2v) is 6.16. The lowest BCUT2D eigenvalue weighted by molar-refractivity contribution is -0.104. The monoisotopic (exact) mass is 276 g/mol. The van der Waals surface area contributed by atoms with Crippen molar-refractivity contribution in [1.82, 2.24) is 9.97 Å². The van der Waals surface area contributed by atoms with Crippen molar-refractivity contribution in [2.24, 2.45) is 11.7 Å². The van der Waals surface area contributed by atoms with Crippen molar-refractivity contribution in [2.75, 3.05) is 11.9 Å². The molecule has 4 atom stereocenters. The molecule has 2 aromatic rings. The molecule has 4 unspecified atom stereocenters. The first-order valence-electron chi connectivity index (χ1n) is 6.66. The molecule has 2 aliphatic rings. The van der Waals surface area contributed by atoms with E-state index in [-0.39, 0.29) is 18.2 Å². The summed E-state index contributed by atoms with van der Waals surface area (Å²) in [7, 11) is 0. The van der Waals surface area contributed by atoms with Crippen LogP contribution in [0.4, 0.5) is 5.82 Å². The average Bonchev–Trinajstić information content (AvgIpc) is 2.93. The van der Waals surface area contributed by atoms with Gasteiger partial charge in [0.05, 0.1) is 22.4 Å². The SMILES string of the molecule is NC1C2CCCOC2C1Nc1ncnc2ccsc12. The molecule has 0 spiro atoms. The predicted molar refractivity (Wildman–Crippen MR) is 75.3 cm³/mol. The summed E-state index contributed by atoms with van der Waals surface area (Å²) in [5.74, 6) is 1.39. The Morgan fingerprint density at radius 2 is 2.37 bits per heavy atom. The number of thiophene rings is 1. The molecule has 0 amide bonds. The van der Waals surface area contributed by atoms with Crippen molar-refractivity contribution in [3.63, 3.8) is 0 Å². The van der Waals surface area contributed by atoms with Gasteiger partial charge in [-0.05, 0) is 24.3 Å². The zero-order chi connectivity index (χ0) is 12.8. The molecule has 1 saturated heterocycles. The quantitative estimate of drug-likeness (QED) is 0.871. The van der Waals surface area contributed by atoms with Crippen molar-refractivity contribution < 1.29 is 4.74 Å². The number of nitrogens with two attached hydrogens (primary N) is 1. The van der Waals surface area contributed by atoms with E-state index in [9.17, 15) is 0 Å². The minimum atomic E-state index is 0.162. The highest BCUT2D eigenvalue weighted by molar-refractivity contribution is 7.17. The number of rotatable bonds is 2. The topological polar surface area (TPSA) is 73.1 Å². The summed E-state index contributed by atoms with van der Waals surface area (Å²) < 4.78 is 6.93. The Morgan fingerprint density at radius 1 is 1.42 bits per heavy atom. The molecule has 3 N–H and O–H groups in total. The number of hydrogen-bond donors (Lipinski definition) is 2. The van der Waals surface area contributed by atoms with Gasteiger partial charge in [-0.25, -0.2) is 9.97 Å². The Balaban J connectivity index is 1.60. The van der Waals surface area contributed by atoms with Crippen LogP contribution < -0.4 is 11.1 Å². The summed E-state index contributed by atoms with van der Waals surface area (Å²) in [5.41, 5.74) is 7.24. The van der Waals surface area contributed by atoms with Gasteiger partial charge in [-0.1, -0.05) is 0 Å². The number of nitrogens with zero attached hydrogens (tertiary/aromatic N) is 2. The average molecular weight is 276 g/mol. The molecule has 2 aromatic heterocycles. The van der Waals surface area contributed by atoms with Crippen LogP contribution >= 0.6 is 11.3 Å². The van der Waals surface area contributed by atoms with Gasteiger partial charge in [-0.2, -0.15) is 0 Å². The molecule has 1 saturated carbocycles. The van der Waals surface area contributed by atoms with Gasteiger partial charge in [0.15, 0.2) is 0 Å². The number of nitrogens with one attached hydrogen (secondary N) is 1. The molecular formula is C13H16N4OS. The fourth-order valence-corrected chi connectivity index (χ4v) is 3.97. The summed E-state index contributed by atoms with van der Waals surface area (Å²) in [5, 5.41) is 5.50. The van der Waals surface area contributed by atoms with E-state index in [2.05, 4.69) is 15.3 Å². The molecule has 5 nitrogen and oxygen atoms in total. The first-order valence-corrected chi connectivity index (χ1v) is 7.54. The maximum absolute atomic E-state index is 6.26. The summed E-state index contributed by atoms with van der Waals surface area (Å²) in [6.45, 7) is 0.851. The van der Waals surface area contributed by atoms with Crippen LogP contribution in [0.25, 0.3) is 10.2 Å². The number of fused-ring (bicyclic) bond motifs is 2. The van der Waals surface area contributed by atoms with Gasteiger partial charge in [-0.15, -0.1) is 11.3 Å². The zero-order valence-corrected chi connectivity index (χ0v) is 11.3. The molecule has 4 rings (SSSR count). The van der Waals surface area contributed by atoms with Gasteiger partial charge in [0.2, 0.25) is 0 Å². The second kappa shape index (κ2) is 4.40. The van der Waals surface area contributed by atoms with Crippen LogP contribution in [-0.2, 0) is 4.74 Å². The number of ether oxygens (including phenoxy) is 1. The highest BCUT2D eigenvalue weighted by Crippen LogP contribution is 2.39. The molecule has 0 aromatic carbocycles. The van der Waals surface area contributed by atoms with Crippen LogP contribution in [0, 0.1) is 5.92 Å². The third-order valence-corrected chi connectivity index (χ3v) is 5.13. The van der Waals surface area contributed by atoms with Gasteiger partial charge in [0.1, 0.15) is 12.1 Å². The Kier molecular flexibility index (Phi) is 2.68. The van der Waals surface area contributed by atoms with E-state index >= 15 is 0 Å². The molecule has 3 heterocycles. The van der Waals surface area contributed by atoms with Crippen LogP contribution in [0.15, 0.2) is 17.8 Å². The van der Waals surface area contributed by atoms with Crippen LogP contribution in [0.5, 0.6) is 0 Å². The van der Waals surface area contributed by atoms with Gasteiger partial charge in [-0.3, -0.25) is 0 Å². The van der Waals surface area contributed by atoms with E-state index < -0.39 is 0 Å². The molecule has 1 aliphatic heterocycles. The molecule has 2 fully saturated rings. The number of hydrogen-bond acceptors (Lipinski definition) is 6. The molecule has 1 aliphatic carbocycles. The summed E-state index contributed by atoms with van der Waals surface area (Å²) in [4.78, 5) is 8.60. The summed E-state index contributed by atoms with van der Waals surface area (Å²) >= 11 is 1.65. The third kappa shape index (κ3) is 1.74. The van der Waals surface area contributed by atoms with Gasteiger partial charge < -0.3 is 15.8 Å². The molecule has 100 valence electrons. The van der Waals surface area contributed by atoms with E-state index in [0.717, 1.165) is 29.1 Å². The lowest BCUT2D eigenvalue weighted by Crippen LogP contribution is -2.69. The van der Waals surface area contributed by atoms with Crippen molar-refractivity contribution in [1.29, 1.82) is 0 Å². The van der Waals surface area contributed by atoms with E-state index in [1.807, 2.05) is 11.4 Å². The van der Waals surface area contributed by atoms with Crippen molar-refractivity contribution in [2.45, 2.75) is 31.0 Å². The highest BCUT2D eigenvalue weighted by Gasteiger charge is 2.50. The Hall–Kier alpha value is -1.24. The summed E-state index contributed by atoms with van der Waals surface area (Å²) in [6, 6.07) is 2.34. The second-order valence-electron chi connectivity index (χ2n) is 5.25. The van der Waals surface area contributed by atoms with Gasteiger partial charge in [0.25, 0.3) is 0 Å². The lowest BCUT2D eigenvalue weighted by Gasteiger charge is -2.52. The van der Waals surface area contributed by atoms with Crippen LogP contribution in [-0.4, -0.2) is 34.8 Å². The largest absolute Gasteiger partial charge is 0.376 e. The summed E-state index contributed by atoms with van der Waals surface area (Å²) in [6.07, 6.45) is 4.15. The Bertz CT molecular complexity index is 601. The number of aromatic nitrogens is 2. The van der Waals surface area contributed by atoms with E-state index in [1.54, 1.807) is 17.7 Å². The Morgan fingerprint density at radius 3 is 3.32 bits per heavy atom. The van der Waals surface area contributed by atoms with E-state index in [0.29, 0.717) is 5.92 Å². The molecule has 19 heavy (non-hydrogen) atoms. The fraction of sp³-hybridized carbons (Fsp3) is 0.538. The maximum Gasteiger partial charge on any atom is 0.147 e. The van der Waals surface area contributed by atoms with E-state index in [4.69, 9.17) is 10.5 Å². The van der Waals surface area contributed by atoms with Crippen LogP contribution in [0.3, 0.4) is 0 Å². The standard InChI is InChI=1S/C13H16N4OS/c14-9-7-2-1-4-18-11(7)10(9)17-13-12-8(3-5-19-12)15-6-16-13/h3,5-7,9-11H,1-2,4,14H2,(H,15,16,17). The predicted octanol–water partition coefficient (Wildman–Crippen LogP) is 1.61. The Labute approximate surface area is 115 Å². The third-order valence-electron chi connectivity index (χ3n) is 4.22. The van der Waals surface area contributed by atoms with Crippen LogP contribution in [0.2, 0.25) is 0 Å². The van der Waals surface area contributed by atoms with Gasteiger partial charge >= 0.3 is 0 Å². The maximum atomic E-state index is 6.26. The van der Waals surface area contributed by atoms with Gasteiger partial charge in [0, 0.05) is 18.6 Å². The minimum absolute atomic E-state index is 0.162. The van der Waals surface area contributed by atoms with E-state index in [1.165, 1.54) is 6.42 Å². The minimum Gasteiger partial charge on any atom is -0.376 e. The first kappa shape index (κ1) is 11.6. The molecule has 6 heteroatoms. The van der Waals surface area contributed by atoms with Crippen molar-refractivity contribution in [3.8, 4) is 0 Å². The van der Waals surface area contributed by atoms with Crippen LogP contribution in [0.1, 0.15) is 12.8 Å². The molecule has 0 bridgehead atoms.